The molecule has 0 aliphatic heterocycles. The fraction of sp³-hybridized carbons (Fsp3) is 0.684. The Kier molecular flexibility index (Phi) is 4.55. The minimum atomic E-state index is -0.330. The van der Waals surface area contributed by atoms with Crippen LogP contribution in [0.4, 0.5) is 0 Å². The van der Waals surface area contributed by atoms with Gasteiger partial charge in [0, 0.05) is 5.41 Å². The smallest absolute Gasteiger partial charge is 0.171 e. The molecule has 2 aliphatic carbocycles. The number of carbonyl (C=O) groups is 2. The van der Waals surface area contributed by atoms with E-state index < -0.39 is 0 Å². The summed E-state index contributed by atoms with van der Waals surface area (Å²) >= 11 is 0. The van der Waals surface area contributed by atoms with Crippen LogP contribution in [0.25, 0.3) is 0 Å². The SMILES string of the molecule is CC(C)=CCC[C@]1(C)CCCC2(C)C(=O)C(C=O)=CC[C@H]21. The largest absolute Gasteiger partial charge is 0.298 e. The highest BCUT2D eigenvalue weighted by Crippen LogP contribution is 2.57. The molecule has 2 aliphatic rings. The topological polar surface area (TPSA) is 34.1 Å². The highest BCUT2D eigenvalue weighted by atomic mass is 16.1. The summed E-state index contributed by atoms with van der Waals surface area (Å²) in [7, 11) is 0. The van der Waals surface area contributed by atoms with E-state index in [2.05, 4.69) is 33.8 Å². The number of hydrogen-bond donors (Lipinski definition) is 0. The first-order chi connectivity index (χ1) is 9.83. The van der Waals surface area contributed by atoms with Crippen molar-refractivity contribution in [3.63, 3.8) is 0 Å². The zero-order valence-electron chi connectivity index (χ0n) is 13.9. The van der Waals surface area contributed by atoms with Gasteiger partial charge < -0.3 is 0 Å². The van der Waals surface area contributed by atoms with Gasteiger partial charge in [-0.2, -0.15) is 0 Å². The van der Waals surface area contributed by atoms with E-state index in [9.17, 15) is 9.59 Å². The van der Waals surface area contributed by atoms with Crippen molar-refractivity contribution in [2.75, 3.05) is 0 Å². The van der Waals surface area contributed by atoms with Gasteiger partial charge in [0.2, 0.25) is 0 Å². The molecular weight excluding hydrogens is 260 g/mol. The Morgan fingerprint density at radius 1 is 1.33 bits per heavy atom. The van der Waals surface area contributed by atoms with Crippen molar-refractivity contribution >= 4 is 12.1 Å². The average molecular weight is 288 g/mol. The summed E-state index contributed by atoms with van der Waals surface area (Å²) in [5.74, 6) is 0.461. The molecule has 0 spiro atoms. The molecular formula is C19H28O2. The van der Waals surface area contributed by atoms with E-state index in [1.807, 2.05) is 6.08 Å². The van der Waals surface area contributed by atoms with Crippen LogP contribution in [0.2, 0.25) is 0 Å². The Labute approximate surface area is 128 Å². The van der Waals surface area contributed by atoms with Gasteiger partial charge in [0.1, 0.15) is 0 Å². The molecule has 116 valence electrons. The van der Waals surface area contributed by atoms with Crippen LogP contribution in [0.5, 0.6) is 0 Å². The van der Waals surface area contributed by atoms with Gasteiger partial charge in [0.15, 0.2) is 12.1 Å². The molecule has 0 aromatic heterocycles. The molecule has 0 N–H and O–H groups in total. The van der Waals surface area contributed by atoms with Crippen molar-refractivity contribution in [1.29, 1.82) is 0 Å². The summed E-state index contributed by atoms with van der Waals surface area (Å²) in [6.45, 7) is 8.71. The summed E-state index contributed by atoms with van der Waals surface area (Å²) in [5, 5.41) is 0. The molecule has 21 heavy (non-hydrogen) atoms. The van der Waals surface area contributed by atoms with Gasteiger partial charge in [0.25, 0.3) is 0 Å². The van der Waals surface area contributed by atoms with Gasteiger partial charge in [-0.3, -0.25) is 9.59 Å². The molecule has 0 saturated heterocycles. The van der Waals surface area contributed by atoms with E-state index in [1.54, 1.807) is 0 Å². The Morgan fingerprint density at radius 2 is 2.05 bits per heavy atom. The molecule has 2 rings (SSSR count). The Balaban J connectivity index is 2.26. The fourth-order valence-corrected chi connectivity index (χ4v) is 4.55. The summed E-state index contributed by atoms with van der Waals surface area (Å²) < 4.78 is 0. The van der Waals surface area contributed by atoms with Crippen LogP contribution in [0.15, 0.2) is 23.3 Å². The Morgan fingerprint density at radius 3 is 2.67 bits per heavy atom. The third kappa shape index (κ3) is 2.90. The Hall–Kier alpha value is -1.18. The highest BCUT2D eigenvalue weighted by molar-refractivity contribution is 6.15. The van der Waals surface area contributed by atoms with Crippen molar-refractivity contribution in [3.05, 3.63) is 23.3 Å². The second-order valence-corrected chi connectivity index (χ2v) is 7.64. The number of hydrogen-bond acceptors (Lipinski definition) is 2. The zero-order valence-corrected chi connectivity index (χ0v) is 13.9. The molecule has 0 heterocycles. The minimum Gasteiger partial charge on any atom is -0.298 e. The van der Waals surface area contributed by atoms with Crippen molar-refractivity contribution in [2.24, 2.45) is 16.7 Å². The molecule has 0 amide bonds. The monoisotopic (exact) mass is 288 g/mol. The molecule has 0 aromatic carbocycles. The van der Waals surface area contributed by atoms with Crippen molar-refractivity contribution in [1.82, 2.24) is 0 Å². The Bertz CT molecular complexity index is 496. The number of Topliss-reactive ketones (excluding diaryl/α,β-unsaturated/α-hetero) is 1. The molecule has 2 nitrogen and oxygen atoms in total. The second-order valence-electron chi connectivity index (χ2n) is 7.64. The van der Waals surface area contributed by atoms with Crippen molar-refractivity contribution in [2.45, 2.75) is 66.2 Å². The summed E-state index contributed by atoms with van der Waals surface area (Å²) in [6.07, 6.45) is 11.2. The third-order valence-corrected chi connectivity index (χ3v) is 5.80. The molecule has 0 radical (unpaired) electrons. The fourth-order valence-electron chi connectivity index (χ4n) is 4.55. The van der Waals surface area contributed by atoms with Gasteiger partial charge in [0.05, 0.1) is 5.57 Å². The van der Waals surface area contributed by atoms with Gasteiger partial charge in [-0.15, -0.1) is 0 Å². The second kappa shape index (κ2) is 5.90. The maximum atomic E-state index is 12.7. The van der Waals surface area contributed by atoms with Crippen LogP contribution >= 0.6 is 0 Å². The third-order valence-electron chi connectivity index (χ3n) is 5.80. The molecule has 0 aromatic rings. The first kappa shape index (κ1) is 16.2. The number of ketones is 1. The summed E-state index contributed by atoms with van der Waals surface area (Å²) in [6, 6.07) is 0. The average Bonchev–Trinajstić information content (AvgIpc) is 2.40. The lowest BCUT2D eigenvalue weighted by Gasteiger charge is -2.53. The predicted molar refractivity (Wildman–Crippen MR) is 86.0 cm³/mol. The van der Waals surface area contributed by atoms with E-state index >= 15 is 0 Å². The first-order valence-corrected chi connectivity index (χ1v) is 8.17. The molecule has 1 fully saturated rings. The molecule has 3 atom stereocenters. The highest BCUT2D eigenvalue weighted by Gasteiger charge is 2.53. The summed E-state index contributed by atoms with van der Waals surface area (Å²) in [5.41, 5.74) is 1.64. The molecule has 2 heteroatoms. The van der Waals surface area contributed by atoms with Crippen molar-refractivity contribution < 1.29 is 9.59 Å². The maximum absolute atomic E-state index is 12.7. The lowest BCUT2D eigenvalue weighted by atomic mass is 9.50. The lowest BCUT2D eigenvalue weighted by Crippen LogP contribution is -2.50. The van der Waals surface area contributed by atoms with Crippen LogP contribution in [0.3, 0.4) is 0 Å². The van der Waals surface area contributed by atoms with E-state index in [0.717, 1.165) is 38.4 Å². The van der Waals surface area contributed by atoms with E-state index in [4.69, 9.17) is 0 Å². The molecule has 1 saturated carbocycles. The number of aldehydes is 1. The number of allylic oxidation sites excluding steroid dienone is 4. The summed E-state index contributed by atoms with van der Waals surface area (Å²) in [4.78, 5) is 23.8. The van der Waals surface area contributed by atoms with E-state index in [0.29, 0.717) is 11.5 Å². The predicted octanol–water partition coefficient (Wildman–Crippen LogP) is 4.64. The minimum absolute atomic E-state index is 0.0851. The lowest BCUT2D eigenvalue weighted by molar-refractivity contribution is -0.137. The van der Waals surface area contributed by atoms with Gasteiger partial charge in [-0.1, -0.05) is 38.0 Å². The number of rotatable bonds is 4. The standard InChI is InChI=1S/C19H28O2/c1-14(2)7-5-10-18(3)11-6-12-19(4)16(18)9-8-15(13-20)17(19)21/h7-8,13,16H,5-6,9-12H2,1-4H3/t16-,18+,19?/m0/s1. The van der Waals surface area contributed by atoms with Crippen LogP contribution in [0, 0.1) is 16.7 Å². The van der Waals surface area contributed by atoms with Gasteiger partial charge in [-0.05, 0) is 57.3 Å². The maximum Gasteiger partial charge on any atom is 0.171 e. The van der Waals surface area contributed by atoms with Crippen LogP contribution in [-0.2, 0) is 9.59 Å². The van der Waals surface area contributed by atoms with Crippen LogP contribution in [0.1, 0.15) is 66.2 Å². The van der Waals surface area contributed by atoms with Crippen LogP contribution < -0.4 is 0 Å². The van der Waals surface area contributed by atoms with E-state index in [-0.39, 0.29) is 16.6 Å². The molecule has 0 bridgehead atoms. The number of fused-ring (bicyclic) bond motifs is 1. The number of carbonyl (C=O) groups excluding carboxylic acids is 2. The van der Waals surface area contributed by atoms with E-state index in [1.165, 1.54) is 12.0 Å². The van der Waals surface area contributed by atoms with Gasteiger partial charge in [-0.25, -0.2) is 0 Å². The zero-order chi connectivity index (χ0) is 15.7. The molecule has 1 unspecified atom stereocenters. The van der Waals surface area contributed by atoms with Gasteiger partial charge >= 0.3 is 0 Å². The van der Waals surface area contributed by atoms with Crippen molar-refractivity contribution in [3.8, 4) is 0 Å². The first-order valence-electron chi connectivity index (χ1n) is 8.17. The normalized spacial score (nSPS) is 35.7. The quantitative estimate of drug-likeness (QED) is 0.429. The van der Waals surface area contributed by atoms with Crippen LogP contribution in [-0.4, -0.2) is 12.1 Å².